The third-order valence-corrected chi connectivity index (χ3v) is 9.78. The molecule has 0 radical (unpaired) electrons. The smallest absolute Gasteiger partial charge is 0.411 e. The molecule has 272 valence electrons. The molecule has 0 saturated carbocycles. The van der Waals surface area contributed by atoms with E-state index in [-0.39, 0.29) is 18.3 Å². The summed E-state index contributed by atoms with van der Waals surface area (Å²) >= 11 is 0. The first kappa shape index (κ1) is 36.5. The van der Waals surface area contributed by atoms with Gasteiger partial charge in [0, 0.05) is 11.8 Å². The highest BCUT2D eigenvalue weighted by Gasteiger charge is 2.56. The van der Waals surface area contributed by atoms with Gasteiger partial charge in [-0.05, 0) is 43.4 Å². The summed E-state index contributed by atoms with van der Waals surface area (Å²) in [6.45, 7) is 10.8. The Morgan fingerprint density at radius 2 is 1.42 bits per heavy atom. The third-order valence-electron chi connectivity index (χ3n) is 9.78. The first-order chi connectivity index (χ1) is 24.8. The van der Waals surface area contributed by atoms with Crippen LogP contribution in [0.1, 0.15) is 69.8 Å². The van der Waals surface area contributed by atoms with E-state index in [0.29, 0.717) is 16.6 Å². The van der Waals surface area contributed by atoms with Crippen molar-refractivity contribution in [2.45, 2.75) is 77.0 Å². The van der Waals surface area contributed by atoms with Crippen molar-refractivity contribution in [1.29, 1.82) is 0 Å². The van der Waals surface area contributed by atoms with Crippen molar-refractivity contribution >= 4 is 28.9 Å². The number of esters is 1. The molecule has 1 aliphatic heterocycles. The van der Waals surface area contributed by atoms with E-state index in [2.05, 4.69) is 15.0 Å². The van der Waals surface area contributed by atoms with E-state index < -0.39 is 53.5 Å². The highest BCUT2D eigenvalue weighted by Crippen LogP contribution is 2.45. The van der Waals surface area contributed by atoms with Gasteiger partial charge in [0.25, 0.3) is 0 Å². The van der Waals surface area contributed by atoms with Crippen LogP contribution in [0.4, 0.5) is 10.6 Å². The number of ether oxygens (including phenoxy) is 3. The van der Waals surface area contributed by atoms with E-state index in [1.54, 1.807) is 33.9 Å². The summed E-state index contributed by atoms with van der Waals surface area (Å²) in [5.41, 5.74) is 7.98. The Morgan fingerprint density at radius 3 is 1.92 bits per heavy atom. The van der Waals surface area contributed by atoms with Gasteiger partial charge in [-0.1, -0.05) is 112 Å². The largest absolute Gasteiger partial charge is 0.457 e. The number of hydrogen-bond donors (Lipinski definition) is 3. The Morgan fingerprint density at radius 1 is 0.885 bits per heavy atom. The molecule has 2 aromatic heterocycles. The van der Waals surface area contributed by atoms with Gasteiger partial charge in [-0.3, -0.25) is 9.69 Å². The number of rotatable bonds is 10. The predicted octanol–water partition coefficient (Wildman–Crippen LogP) is 6.77. The summed E-state index contributed by atoms with van der Waals surface area (Å²) < 4.78 is 19.4. The number of aromatic nitrogens is 3. The summed E-state index contributed by atoms with van der Waals surface area (Å²) in [5.74, 6) is -0.812. The van der Waals surface area contributed by atoms with Gasteiger partial charge in [0.05, 0.1) is 30.1 Å². The Labute approximate surface area is 304 Å². The number of carbonyl (C=O) groups is 2. The standard InChI is InChI=1S/C41H47N5O6/c1-25(2)26(3)38(48)51-36-31(23-50-41(27-16-10-7-11-17-27,28-18-12-8-13-19-28)29-20-14-9-15-21-29)46(39(49)52-40(4,5)6)34(35(36)47)30-22-43-33-32(30)44-24-45-37(33)42/h7-22,24-26,31,34-36,43,47H,23H2,1-6H3,(H2,42,44,45)/t26-,31+,34-,35-,36+/m0/s1. The number of aliphatic hydroxyl groups excluding tert-OH is 1. The van der Waals surface area contributed by atoms with E-state index in [4.69, 9.17) is 19.9 Å². The number of nitrogen functional groups attached to an aromatic ring is 1. The molecule has 0 spiro atoms. The van der Waals surface area contributed by atoms with Gasteiger partial charge in [-0.2, -0.15) is 0 Å². The van der Waals surface area contributed by atoms with Gasteiger partial charge in [0.15, 0.2) is 11.9 Å². The van der Waals surface area contributed by atoms with Crippen LogP contribution in [0.3, 0.4) is 0 Å². The number of carbonyl (C=O) groups excluding carboxylic acids is 2. The van der Waals surface area contributed by atoms with E-state index in [1.165, 1.54) is 11.2 Å². The van der Waals surface area contributed by atoms with Crippen LogP contribution in [0.25, 0.3) is 11.0 Å². The second-order valence-electron chi connectivity index (χ2n) is 14.6. The van der Waals surface area contributed by atoms with Gasteiger partial charge >= 0.3 is 12.1 Å². The second kappa shape index (κ2) is 14.8. The molecular formula is C41H47N5O6. The number of H-pyrrole nitrogens is 1. The molecule has 4 N–H and O–H groups in total. The number of likely N-dealkylation sites (tertiary alicyclic amines) is 1. The summed E-state index contributed by atoms with van der Waals surface area (Å²) in [5, 5.41) is 12.3. The summed E-state index contributed by atoms with van der Waals surface area (Å²) in [7, 11) is 0. The Kier molecular flexibility index (Phi) is 10.4. The van der Waals surface area contributed by atoms with Gasteiger partial charge < -0.3 is 30.0 Å². The Balaban J connectivity index is 1.53. The number of fused-ring (bicyclic) bond motifs is 1. The first-order valence-corrected chi connectivity index (χ1v) is 17.6. The van der Waals surface area contributed by atoms with Crippen molar-refractivity contribution in [3.63, 3.8) is 0 Å². The summed E-state index contributed by atoms with van der Waals surface area (Å²) in [4.78, 5) is 41.3. The van der Waals surface area contributed by atoms with Gasteiger partial charge in [0.1, 0.15) is 29.2 Å². The van der Waals surface area contributed by atoms with Crippen molar-refractivity contribution in [2.75, 3.05) is 12.3 Å². The molecule has 5 atom stereocenters. The molecule has 52 heavy (non-hydrogen) atoms. The maximum Gasteiger partial charge on any atom is 0.411 e. The van der Waals surface area contributed by atoms with Crippen LogP contribution in [0.5, 0.6) is 0 Å². The lowest BCUT2D eigenvalue weighted by molar-refractivity contribution is -0.162. The zero-order valence-corrected chi connectivity index (χ0v) is 30.4. The lowest BCUT2D eigenvalue weighted by Gasteiger charge is -2.39. The average molecular weight is 706 g/mol. The van der Waals surface area contributed by atoms with Crippen LogP contribution in [0, 0.1) is 11.8 Å². The molecule has 11 heteroatoms. The minimum atomic E-state index is -1.40. The molecule has 1 saturated heterocycles. The average Bonchev–Trinajstić information content (AvgIpc) is 3.67. The van der Waals surface area contributed by atoms with Crippen molar-refractivity contribution in [1.82, 2.24) is 19.9 Å². The Hall–Kier alpha value is -5.26. The molecule has 3 heterocycles. The van der Waals surface area contributed by atoms with Crippen LogP contribution >= 0.6 is 0 Å². The molecule has 0 aliphatic carbocycles. The quantitative estimate of drug-likeness (QED) is 0.106. The van der Waals surface area contributed by atoms with Gasteiger partial charge in [-0.25, -0.2) is 14.8 Å². The minimum Gasteiger partial charge on any atom is -0.457 e. The number of aliphatic hydroxyl groups is 1. The monoisotopic (exact) mass is 705 g/mol. The normalized spacial score (nSPS) is 19.9. The molecule has 1 fully saturated rings. The highest BCUT2D eigenvalue weighted by molar-refractivity contribution is 5.88. The van der Waals surface area contributed by atoms with Gasteiger partial charge in [0.2, 0.25) is 0 Å². The minimum absolute atomic E-state index is 0.0336. The van der Waals surface area contributed by atoms with Crippen molar-refractivity contribution in [3.8, 4) is 0 Å². The zero-order chi connectivity index (χ0) is 37.2. The van der Waals surface area contributed by atoms with Crippen LogP contribution < -0.4 is 5.73 Å². The van der Waals surface area contributed by atoms with E-state index in [9.17, 15) is 14.7 Å². The summed E-state index contributed by atoms with van der Waals surface area (Å²) in [6.07, 6.45) is -0.372. The molecule has 5 aromatic rings. The SMILES string of the molecule is CC(C)[C@H](C)C(=O)O[C@H]1[C@@H](O)[C@H](c2c[nH]c3c(N)ncnc23)N(C(=O)OC(C)(C)C)[C@@H]1COC(c1ccccc1)(c1ccccc1)c1ccccc1. The van der Waals surface area contributed by atoms with Gasteiger partial charge in [-0.15, -0.1) is 0 Å². The van der Waals surface area contributed by atoms with Crippen LogP contribution in [-0.2, 0) is 24.6 Å². The van der Waals surface area contributed by atoms with E-state index in [0.717, 1.165) is 16.7 Å². The highest BCUT2D eigenvalue weighted by atomic mass is 16.6. The molecule has 11 nitrogen and oxygen atoms in total. The van der Waals surface area contributed by atoms with Crippen molar-refractivity contribution in [3.05, 3.63) is 126 Å². The lowest BCUT2D eigenvalue weighted by Crippen LogP contribution is -2.49. The lowest BCUT2D eigenvalue weighted by atomic mass is 9.80. The molecule has 0 unspecified atom stereocenters. The number of benzene rings is 3. The molecule has 3 aromatic carbocycles. The second-order valence-corrected chi connectivity index (χ2v) is 14.6. The van der Waals surface area contributed by atoms with E-state index in [1.807, 2.05) is 105 Å². The fourth-order valence-electron chi connectivity index (χ4n) is 6.85. The van der Waals surface area contributed by atoms with E-state index >= 15 is 0 Å². The first-order valence-electron chi connectivity index (χ1n) is 17.6. The maximum atomic E-state index is 14.5. The number of anilines is 1. The predicted molar refractivity (Wildman–Crippen MR) is 198 cm³/mol. The van der Waals surface area contributed by atoms with Crippen LogP contribution in [-0.4, -0.2) is 67.5 Å². The topological polar surface area (TPSA) is 153 Å². The van der Waals surface area contributed by atoms with Crippen molar-refractivity contribution in [2.24, 2.45) is 11.8 Å². The fourth-order valence-corrected chi connectivity index (χ4v) is 6.85. The number of aromatic amines is 1. The fraction of sp³-hybridized carbons (Fsp3) is 0.366. The number of hydrogen-bond acceptors (Lipinski definition) is 9. The molecular weight excluding hydrogens is 658 g/mol. The maximum absolute atomic E-state index is 14.5. The molecule has 6 rings (SSSR count). The Bertz CT molecular complexity index is 1880. The third kappa shape index (κ3) is 6.98. The van der Waals surface area contributed by atoms with Crippen LogP contribution in [0.15, 0.2) is 104 Å². The number of nitrogens with two attached hydrogens (primary N) is 1. The number of amides is 1. The molecule has 1 aliphatic rings. The summed E-state index contributed by atoms with van der Waals surface area (Å²) in [6, 6.07) is 27.4. The molecule has 1 amide bonds. The molecule has 0 bridgehead atoms. The zero-order valence-electron chi connectivity index (χ0n) is 30.4. The van der Waals surface area contributed by atoms with Crippen LogP contribution in [0.2, 0.25) is 0 Å². The van der Waals surface area contributed by atoms with Crippen molar-refractivity contribution < 1.29 is 28.9 Å². The number of nitrogens with one attached hydrogen (secondary N) is 1. The number of nitrogens with zero attached hydrogens (tertiary/aromatic N) is 3.